The minimum Gasteiger partial charge on any atom is -0.461 e. The van der Waals surface area contributed by atoms with Gasteiger partial charge in [-0.1, -0.05) is 39.8 Å². The molecule has 2 saturated heterocycles. The van der Waals surface area contributed by atoms with Crippen molar-refractivity contribution in [3.05, 3.63) is 29.8 Å². The molecule has 8 rings (SSSR count). The van der Waals surface area contributed by atoms with Gasteiger partial charge in [-0.3, -0.25) is 14.5 Å². The molecule has 10 nitrogen and oxygen atoms in total. The van der Waals surface area contributed by atoms with Crippen molar-refractivity contribution in [2.45, 2.75) is 89.3 Å². The molecule has 2 unspecified atom stereocenters. The smallest absolute Gasteiger partial charge is 0.340 e. The zero-order valence-corrected chi connectivity index (χ0v) is 28.5. The number of esters is 1. The Hall–Kier alpha value is -2.37. The molecule has 0 radical (unpaired) electrons. The van der Waals surface area contributed by atoms with Crippen LogP contribution >= 0.6 is 0 Å². The first kappa shape index (κ1) is 31.9. The molecule has 2 heterocycles. The van der Waals surface area contributed by atoms with Crippen LogP contribution in [0.4, 0.5) is 5.69 Å². The zero-order valence-electron chi connectivity index (χ0n) is 28.5. The SMILES string of the molecule is CCN1C[C@]2(COC(=O)c3ccccc3N3C(=O)C[C@H](C)C3=O)CC[C@H](C)[C@@]34C2C(OC)[C@](O)([C@@H]13)[C@@]1(O)C[C@H](C)[C@H]2C[C@@H]4[C@@H]1[C@H]2OC. The third-order valence-corrected chi connectivity index (χ3v) is 14.8. The molecule has 5 aliphatic carbocycles. The number of nitrogens with zero attached hydrogens (tertiary/aromatic N) is 2. The molecule has 1 aromatic carbocycles. The molecule has 256 valence electrons. The maximum Gasteiger partial charge on any atom is 0.340 e. The monoisotopic (exact) mass is 650 g/mol. The second-order valence-electron chi connectivity index (χ2n) is 16.3. The van der Waals surface area contributed by atoms with E-state index in [1.165, 1.54) is 0 Å². The Morgan fingerprint density at radius 2 is 1.83 bits per heavy atom. The highest BCUT2D eigenvalue weighted by Gasteiger charge is 2.90. The Morgan fingerprint density at radius 3 is 2.49 bits per heavy atom. The third-order valence-electron chi connectivity index (χ3n) is 14.8. The van der Waals surface area contributed by atoms with Gasteiger partial charge in [-0.25, -0.2) is 9.69 Å². The van der Waals surface area contributed by atoms with Gasteiger partial charge < -0.3 is 24.4 Å². The number of ether oxygens (including phenoxy) is 3. The summed E-state index contributed by atoms with van der Waals surface area (Å²) in [4.78, 5) is 43.3. The van der Waals surface area contributed by atoms with Gasteiger partial charge in [-0.05, 0) is 68.0 Å². The van der Waals surface area contributed by atoms with Crippen LogP contribution in [0.3, 0.4) is 0 Å². The van der Waals surface area contributed by atoms with Crippen molar-refractivity contribution in [3.8, 4) is 0 Å². The number of anilines is 1. The highest BCUT2D eigenvalue weighted by Crippen LogP contribution is 2.81. The van der Waals surface area contributed by atoms with Crippen LogP contribution in [0, 0.1) is 52.3 Å². The Bertz CT molecular complexity index is 1520. The quantitative estimate of drug-likeness (QED) is 0.338. The molecule has 7 aliphatic rings. The van der Waals surface area contributed by atoms with Crippen LogP contribution in [0.1, 0.15) is 70.2 Å². The third kappa shape index (κ3) is 3.57. The lowest BCUT2D eigenvalue weighted by molar-refractivity contribution is -0.309. The summed E-state index contributed by atoms with van der Waals surface area (Å²) in [6, 6.07) is 6.38. The number of hydrogen-bond donors (Lipinski definition) is 2. The minimum absolute atomic E-state index is 0.111. The molecule has 7 fully saturated rings. The van der Waals surface area contributed by atoms with E-state index in [0.717, 1.165) is 24.2 Å². The summed E-state index contributed by atoms with van der Waals surface area (Å²) >= 11 is 0. The molecule has 2 aliphatic heterocycles. The predicted molar refractivity (Wildman–Crippen MR) is 171 cm³/mol. The first-order valence-electron chi connectivity index (χ1n) is 17.7. The van der Waals surface area contributed by atoms with Crippen LogP contribution in [-0.2, 0) is 23.8 Å². The lowest BCUT2D eigenvalue weighted by Gasteiger charge is -2.70. The van der Waals surface area contributed by atoms with E-state index in [1.54, 1.807) is 45.4 Å². The van der Waals surface area contributed by atoms with Gasteiger partial charge in [0.1, 0.15) is 11.2 Å². The van der Waals surface area contributed by atoms with Crippen LogP contribution in [0.25, 0.3) is 0 Å². The molecular formula is C37H50N2O8. The molecular weight excluding hydrogens is 600 g/mol. The van der Waals surface area contributed by atoms with E-state index < -0.39 is 34.6 Å². The molecule has 5 saturated carbocycles. The standard InChI is InChI=1S/C37H50N2O8/c1-7-38-17-34(18-47-32(42)22-10-8-9-11-25(22)39-26(40)14-19(2)31(39)41)13-12-21(4)36-24-15-23-20(3)16-35(43,27(24)28(23)45-5)37(44,33(36)38)30(46-6)29(34)36/h8-11,19-21,23-24,27-30,33,43-44H,7,12-18H2,1-6H3/t19-,20-,21-,23+,24+,27+,28-,29?,30?,33-,34-,35+,36+,37-/m0/s1. The van der Waals surface area contributed by atoms with Crippen molar-refractivity contribution < 1.29 is 38.8 Å². The van der Waals surface area contributed by atoms with Crippen LogP contribution in [0.15, 0.2) is 24.3 Å². The summed E-state index contributed by atoms with van der Waals surface area (Å²) in [6.07, 6.45) is 2.47. The van der Waals surface area contributed by atoms with E-state index in [1.807, 2.05) is 0 Å². The number of benzene rings is 1. The molecule has 1 aromatic rings. The molecule has 14 atom stereocenters. The lowest BCUT2D eigenvalue weighted by atomic mass is 9.41. The number of rotatable bonds is 7. The van der Waals surface area contributed by atoms with Crippen molar-refractivity contribution >= 4 is 23.5 Å². The lowest BCUT2D eigenvalue weighted by Crippen LogP contribution is -2.80. The number of imide groups is 1. The number of likely N-dealkylation sites (N-methyl/N-ethyl adjacent to an activating group) is 1. The largest absolute Gasteiger partial charge is 0.461 e. The maximum atomic E-state index is 14.0. The second kappa shape index (κ2) is 10.3. The van der Waals surface area contributed by atoms with Gasteiger partial charge in [0, 0.05) is 55.8 Å². The summed E-state index contributed by atoms with van der Waals surface area (Å²) < 4.78 is 19.0. The molecule has 2 N–H and O–H groups in total. The fraction of sp³-hybridized carbons (Fsp3) is 0.757. The summed E-state index contributed by atoms with van der Waals surface area (Å²) in [5, 5.41) is 26.4. The number of methoxy groups -OCH3 is 2. The average Bonchev–Trinajstić information content (AvgIpc) is 3.59. The molecule has 2 amide bonds. The number of carbonyl (C=O) groups excluding carboxylic acids is 3. The topological polar surface area (TPSA) is 126 Å². The summed E-state index contributed by atoms with van der Waals surface area (Å²) in [7, 11) is 3.41. The number of fused-ring (bicyclic) bond motifs is 2. The number of hydrogen-bond acceptors (Lipinski definition) is 9. The fourth-order valence-electron chi connectivity index (χ4n) is 13.4. The summed E-state index contributed by atoms with van der Waals surface area (Å²) in [6.45, 7) is 9.77. The Labute approximate surface area is 277 Å². The molecule has 47 heavy (non-hydrogen) atoms. The van der Waals surface area contributed by atoms with Gasteiger partial charge in [0.25, 0.3) is 0 Å². The molecule has 1 spiro atoms. The van der Waals surface area contributed by atoms with Gasteiger partial charge in [0.15, 0.2) is 0 Å². The van der Waals surface area contributed by atoms with Gasteiger partial charge >= 0.3 is 5.97 Å². The van der Waals surface area contributed by atoms with Crippen LogP contribution < -0.4 is 4.90 Å². The molecule has 10 heteroatoms. The fourth-order valence-corrected chi connectivity index (χ4v) is 13.4. The molecule has 0 aromatic heterocycles. The average molecular weight is 651 g/mol. The highest BCUT2D eigenvalue weighted by atomic mass is 16.5. The van der Waals surface area contributed by atoms with Crippen molar-refractivity contribution in [2.75, 3.05) is 38.8 Å². The van der Waals surface area contributed by atoms with Gasteiger partial charge in [-0.2, -0.15) is 0 Å². The predicted octanol–water partition coefficient (Wildman–Crippen LogP) is 3.28. The second-order valence-corrected chi connectivity index (χ2v) is 16.3. The van der Waals surface area contributed by atoms with Crippen LogP contribution in [-0.4, -0.2) is 96.3 Å². The molecule has 7 bridgehead atoms. The first-order valence-corrected chi connectivity index (χ1v) is 17.7. The van der Waals surface area contributed by atoms with Crippen molar-refractivity contribution in [1.82, 2.24) is 4.90 Å². The van der Waals surface area contributed by atoms with E-state index in [9.17, 15) is 24.6 Å². The van der Waals surface area contributed by atoms with E-state index in [-0.39, 0.29) is 83.2 Å². The Balaban J connectivity index is 1.22. The summed E-state index contributed by atoms with van der Waals surface area (Å²) in [5.74, 6) is -1.14. The van der Waals surface area contributed by atoms with Crippen molar-refractivity contribution in [3.63, 3.8) is 0 Å². The number of piperidine rings is 1. The van der Waals surface area contributed by atoms with Crippen LogP contribution in [0.2, 0.25) is 0 Å². The Kier molecular flexibility index (Phi) is 7.00. The first-order chi connectivity index (χ1) is 22.4. The van der Waals surface area contributed by atoms with Crippen LogP contribution in [0.5, 0.6) is 0 Å². The minimum atomic E-state index is -1.53. The van der Waals surface area contributed by atoms with E-state index in [0.29, 0.717) is 25.4 Å². The van der Waals surface area contributed by atoms with Crippen molar-refractivity contribution in [2.24, 2.45) is 52.3 Å². The maximum absolute atomic E-state index is 14.0. The number of likely N-dealkylation sites (tertiary alicyclic amines) is 1. The highest BCUT2D eigenvalue weighted by molar-refractivity contribution is 6.22. The summed E-state index contributed by atoms with van der Waals surface area (Å²) in [5.41, 5.74) is -3.38. The van der Waals surface area contributed by atoms with Gasteiger partial charge in [-0.15, -0.1) is 0 Å². The van der Waals surface area contributed by atoms with Gasteiger partial charge in [0.05, 0.1) is 36.1 Å². The number of para-hydroxylation sites is 1. The van der Waals surface area contributed by atoms with Gasteiger partial charge in [0.2, 0.25) is 11.8 Å². The normalized spacial score (nSPS) is 49.5. The Morgan fingerprint density at radius 1 is 1.09 bits per heavy atom. The van der Waals surface area contributed by atoms with E-state index in [2.05, 4.69) is 25.7 Å². The number of aliphatic hydroxyl groups is 2. The number of amides is 2. The number of carbonyl (C=O) groups is 3. The van der Waals surface area contributed by atoms with Crippen molar-refractivity contribution in [1.29, 1.82) is 0 Å². The van der Waals surface area contributed by atoms with E-state index in [4.69, 9.17) is 14.2 Å². The van der Waals surface area contributed by atoms with E-state index >= 15 is 0 Å². The zero-order chi connectivity index (χ0) is 33.4.